The van der Waals surface area contributed by atoms with Gasteiger partial charge in [-0.3, -0.25) is 0 Å². The van der Waals surface area contributed by atoms with Crippen molar-refractivity contribution in [1.82, 2.24) is 4.98 Å². The van der Waals surface area contributed by atoms with Gasteiger partial charge in [-0.15, -0.1) is 0 Å². The van der Waals surface area contributed by atoms with Gasteiger partial charge >= 0.3 is 0 Å². The van der Waals surface area contributed by atoms with Crippen LogP contribution in [-0.4, -0.2) is 19.2 Å². The molecule has 84 valence electrons. The van der Waals surface area contributed by atoms with Crippen LogP contribution in [-0.2, 0) is 0 Å². The molecule has 0 spiro atoms. The van der Waals surface area contributed by atoms with Crippen molar-refractivity contribution in [2.75, 3.05) is 14.2 Å². The van der Waals surface area contributed by atoms with Crippen LogP contribution in [0.2, 0.25) is 0 Å². The minimum atomic E-state index is 0.693. The molecule has 1 aromatic heterocycles. The predicted molar refractivity (Wildman–Crippen MR) is 67.3 cm³/mol. The van der Waals surface area contributed by atoms with Crippen LogP contribution in [0.4, 0.5) is 0 Å². The Kier molecular flexibility index (Phi) is 3.01. The first kappa shape index (κ1) is 11.2. The summed E-state index contributed by atoms with van der Waals surface area (Å²) in [5.41, 5.74) is 1.98. The summed E-state index contributed by atoms with van der Waals surface area (Å²) >= 11 is 3.42. The molecule has 0 unspecified atom stereocenters. The highest BCUT2D eigenvalue weighted by atomic mass is 79.9. The molecule has 2 aromatic rings. The fraction of sp³-hybridized carbons (Fsp3) is 0.250. The third kappa shape index (κ3) is 1.85. The van der Waals surface area contributed by atoms with Crippen LogP contribution in [0.1, 0.15) is 5.56 Å². The minimum absolute atomic E-state index is 0.693. The second-order valence-corrected chi connectivity index (χ2v) is 4.25. The van der Waals surface area contributed by atoms with Crippen LogP contribution in [0.15, 0.2) is 22.8 Å². The zero-order valence-corrected chi connectivity index (χ0v) is 11.0. The molecule has 0 aliphatic rings. The van der Waals surface area contributed by atoms with E-state index in [1.807, 2.05) is 19.1 Å². The van der Waals surface area contributed by atoms with Crippen LogP contribution in [0, 0.1) is 6.92 Å². The molecule has 1 aromatic carbocycles. The van der Waals surface area contributed by atoms with E-state index in [4.69, 9.17) is 9.47 Å². The Morgan fingerprint density at radius 1 is 1.06 bits per heavy atom. The van der Waals surface area contributed by atoms with E-state index in [9.17, 15) is 0 Å². The number of hydrogen-bond acceptors (Lipinski definition) is 3. The summed E-state index contributed by atoms with van der Waals surface area (Å²) in [6.45, 7) is 2.01. The second kappa shape index (κ2) is 4.29. The molecule has 0 bridgehead atoms. The van der Waals surface area contributed by atoms with Crippen molar-refractivity contribution in [3.8, 4) is 11.5 Å². The van der Waals surface area contributed by atoms with Gasteiger partial charge in [0.25, 0.3) is 0 Å². The van der Waals surface area contributed by atoms with Gasteiger partial charge in [-0.1, -0.05) is 0 Å². The van der Waals surface area contributed by atoms with Gasteiger partial charge in [-0.25, -0.2) is 4.98 Å². The average molecular weight is 282 g/mol. The summed E-state index contributed by atoms with van der Waals surface area (Å²) in [7, 11) is 3.25. The lowest BCUT2D eigenvalue weighted by Gasteiger charge is -2.09. The van der Waals surface area contributed by atoms with Crippen LogP contribution in [0.3, 0.4) is 0 Å². The number of hydrogen-bond donors (Lipinski definition) is 0. The molecule has 3 nitrogen and oxygen atoms in total. The van der Waals surface area contributed by atoms with Crippen LogP contribution in [0.25, 0.3) is 10.9 Å². The van der Waals surface area contributed by atoms with Crippen LogP contribution < -0.4 is 9.47 Å². The molecule has 1 heterocycles. The molecule has 16 heavy (non-hydrogen) atoms. The largest absolute Gasteiger partial charge is 0.493 e. The van der Waals surface area contributed by atoms with E-state index in [1.165, 1.54) is 0 Å². The third-order valence-electron chi connectivity index (χ3n) is 2.45. The number of methoxy groups -OCH3 is 2. The number of rotatable bonds is 2. The zero-order valence-electron chi connectivity index (χ0n) is 9.37. The first-order valence-corrected chi connectivity index (χ1v) is 5.64. The standard InChI is InChI=1S/C12H12BrNO2/c1-7-4-8-5-10(15-2)11(16-3)6-9(8)14-12(7)13/h4-6H,1-3H3. The van der Waals surface area contributed by atoms with Gasteiger partial charge in [-0.2, -0.15) is 0 Å². The zero-order chi connectivity index (χ0) is 11.7. The topological polar surface area (TPSA) is 31.4 Å². The Morgan fingerprint density at radius 3 is 2.31 bits per heavy atom. The second-order valence-electron chi connectivity index (χ2n) is 3.50. The van der Waals surface area contributed by atoms with Crippen molar-refractivity contribution in [1.29, 1.82) is 0 Å². The summed E-state index contributed by atoms with van der Waals surface area (Å²) in [5.74, 6) is 1.41. The molecule has 4 heteroatoms. The molecular formula is C12H12BrNO2. The number of pyridine rings is 1. The predicted octanol–water partition coefficient (Wildman–Crippen LogP) is 3.32. The Hall–Kier alpha value is -1.29. The summed E-state index contributed by atoms with van der Waals surface area (Å²) in [6.07, 6.45) is 0. The summed E-state index contributed by atoms with van der Waals surface area (Å²) < 4.78 is 11.3. The molecule has 0 aliphatic carbocycles. The number of aromatic nitrogens is 1. The lowest BCUT2D eigenvalue weighted by atomic mass is 10.1. The lowest BCUT2D eigenvalue weighted by molar-refractivity contribution is 0.356. The molecule has 0 atom stereocenters. The smallest absolute Gasteiger partial charge is 0.162 e. The molecule has 0 radical (unpaired) electrons. The summed E-state index contributed by atoms with van der Waals surface area (Å²) in [5, 5.41) is 1.04. The number of aryl methyl sites for hydroxylation is 1. The summed E-state index contributed by atoms with van der Waals surface area (Å²) in [4.78, 5) is 4.44. The lowest BCUT2D eigenvalue weighted by Crippen LogP contribution is -1.92. The van der Waals surface area contributed by atoms with E-state index in [0.29, 0.717) is 5.75 Å². The van der Waals surface area contributed by atoms with Crippen molar-refractivity contribution in [2.45, 2.75) is 6.92 Å². The maximum absolute atomic E-state index is 5.25. The number of benzene rings is 1. The van der Waals surface area contributed by atoms with E-state index in [2.05, 4.69) is 27.0 Å². The van der Waals surface area contributed by atoms with Crippen molar-refractivity contribution in [3.63, 3.8) is 0 Å². The third-order valence-corrected chi connectivity index (χ3v) is 3.25. The first-order chi connectivity index (χ1) is 7.65. The number of nitrogens with zero attached hydrogens (tertiary/aromatic N) is 1. The van der Waals surface area contributed by atoms with Gasteiger partial charge in [0.2, 0.25) is 0 Å². The molecular weight excluding hydrogens is 270 g/mol. The van der Waals surface area contributed by atoms with Gasteiger partial charge in [0, 0.05) is 11.5 Å². The van der Waals surface area contributed by atoms with Crippen molar-refractivity contribution in [3.05, 3.63) is 28.4 Å². The summed E-state index contributed by atoms with van der Waals surface area (Å²) in [6, 6.07) is 5.87. The highest BCUT2D eigenvalue weighted by molar-refractivity contribution is 9.10. The minimum Gasteiger partial charge on any atom is -0.493 e. The molecule has 0 amide bonds. The molecule has 0 N–H and O–H groups in total. The fourth-order valence-corrected chi connectivity index (χ4v) is 1.89. The maximum Gasteiger partial charge on any atom is 0.162 e. The quantitative estimate of drug-likeness (QED) is 0.792. The molecule has 0 saturated carbocycles. The first-order valence-electron chi connectivity index (χ1n) is 4.84. The highest BCUT2D eigenvalue weighted by Crippen LogP contribution is 2.32. The van der Waals surface area contributed by atoms with Gasteiger partial charge in [0.15, 0.2) is 11.5 Å². The van der Waals surface area contributed by atoms with Crippen LogP contribution in [0.5, 0.6) is 11.5 Å². The molecule has 0 saturated heterocycles. The maximum atomic E-state index is 5.25. The van der Waals surface area contributed by atoms with Gasteiger partial charge < -0.3 is 9.47 Å². The molecule has 0 aliphatic heterocycles. The Labute approximate surface area is 103 Å². The van der Waals surface area contributed by atoms with Gasteiger partial charge in [-0.05, 0) is 40.5 Å². The number of ether oxygens (including phenoxy) is 2. The molecule has 0 fully saturated rings. The van der Waals surface area contributed by atoms with Crippen LogP contribution >= 0.6 is 15.9 Å². The number of halogens is 1. The van der Waals surface area contributed by atoms with Gasteiger partial charge in [0.1, 0.15) is 4.60 Å². The molecule has 2 rings (SSSR count). The van der Waals surface area contributed by atoms with E-state index in [0.717, 1.165) is 26.8 Å². The number of fused-ring (bicyclic) bond motifs is 1. The SMILES string of the molecule is COc1cc2cc(C)c(Br)nc2cc1OC. The van der Waals surface area contributed by atoms with Crippen molar-refractivity contribution in [2.24, 2.45) is 0 Å². The van der Waals surface area contributed by atoms with Crippen molar-refractivity contribution < 1.29 is 9.47 Å². The van der Waals surface area contributed by atoms with E-state index >= 15 is 0 Å². The highest BCUT2D eigenvalue weighted by Gasteiger charge is 2.08. The normalized spacial score (nSPS) is 10.5. The fourth-order valence-electron chi connectivity index (χ4n) is 1.58. The van der Waals surface area contributed by atoms with Crippen molar-refractivity contribution >= 4 is 26.8 Å². The Balaban J connectivity index is 2.73. The van der Waals surface area contributed by atoms with E-state index < -0.39 is 0 Å². The Bertz CT molecular complexity index is 492. The van der Waals surface area contributed by atoms with Gasteiger partial charge in [0.05, 0.1) is 19.7 Å². The van der Waals surface area contributed by atoms with E-state index in [1.54, 1.807) is 14.2 Å². The monoisotopic (exact) mass is 281 g/mol. The Morgan fingerprint density at radius 2 is 1.69 bits per heavy atom. The average Bonchev–Trinajstić information content (AvgIpc) is 2.29. The van der Waals surface area contributed by atoms with E-state index in [-0.39, 0.29) is 0 Å².